The van der Waals surface area contributed by atoms with E-state index >= 15 is 0 Å². The van der Waals surface area contributed by atoms with Crippen LogP contribution in [0.1, 0.15) is 52.6 Å². The maximum atomic E-state index is 10.3. The van der Waals surface area contributed by atoms with Gasteiger partial charge in [0.1, 0.15) is 0 Å². The zero-order valence-electron chi connectivity index (χ0n) is 13.4. The van der Waals surface area contributed by atoms with E-state index in [-0.39, 0.29) is 5.92 Å². The minimum Gasteiger partial charge on any atom is -0.389 e. The second-order valence-corrected chi connectivity index (χ2v) is 7.10. The molecular weight excluding hydrogens is 266 g/mol. The van der Waals surface area contributed by atoms with E-state index in [0.29, 0.717) is 6.04 Å². The fourth-order valence-corrected chi connectivity index (χ4v) is 2.93. The number of nitrogens with one attached hydrogen (secondary N) is 1. The second kappa shape index (κ2) is 8.06. The molecule has 0 amide bonds. The summed E-state index contributed by atoms with van der Waals surface area (Å²) >= 11 is 1.73. The topological polar surface area (TPSA) is 32.3 Å². The molecule has 2 atom stereocenters. The van der Waals surface area contributed by atoms with Crippen molar-refractivity contribution in [2.24, 2.45) is 5.92 Å². The van der Waals surface area contributed by atoms with Crippen molar-refractivity contribution >= 4 is 11.8 Å². The van der Waals surface area contributed by atoms with Gasteiger partial charge < -0.3 is 10.4 Å². The Hall–Kier alpha value is -0.510. The van der Waals surface area contributed by atoms with Crippen LogP contribution >= 0.6 is 11.8 Å². The average molecular weight is 295 g/mol. The quantitative estimate of drug-likeness (QED) is 0.703. The Labute approximate surface area is 128 Å². The summed E-state index contributed by atoms with van der Waals surface area (Å²) in [6.07, 6.45) is 1.15. The highest BCUT2D eigenvalue weighted by Crippen LogP contribution is 2.28. The van der Waals surface area contributed by atoms with Gasteiger partial charge in [-0.3, -0.25) is 0 Å². The van der Waals surface area contributed by atoms with Gasteiger partial charge in [-0.1, -0.05) is 32.9 Å². The van der Waals surface area contributed by atoms with Crippen LogP contribution in [-0.4, -0.2) is 23.0 Å². The molecule has 0 aromatic heterocycles. The number of hydrogen-bond donors (Lipinski definition) is 2. The van der Waals surface area contributed by atoms with Gasteiger partial charge in [0.15, 0.2) is 0 Å². The predicted octanol–water partition coefficient (Wildman–Crippen LogP) is 4.25. The fraction of sp³-hybridized carbons (Fsp3) is 0.647. The Morgan fingerprint density at radius 2 is 2.00 bits per heavy atom. The van der Waals surface area contributed by atoms with E-state index in [1.807, 2.05) is 6.92 Å². The second-order valence-electron chi connectivity index (χ2n) is 6.05. The van der Waals surface area contributed by atoms with E-state index in [0.717, 1.165) is 18.7 Å². The average Bonchev–Trinajstić information content (AvgIpc) is 2.42. The van der Waals surface area contributed by atoms with Crippen molar-refractivity contribution in [3.8, 4) is 0 Å². The first-order chi connectivity index (χ1) is 9.36. The third-order valence-corrected chi connectivity index (χ3v) is 5.15. The molecule has 0 aliphatic carbocycles. The van der Waals surface area contributed by atoms with Crippen molar-refractivity contribution in [3.63, 3.8) is 0 Å². The third-order valence-electron chi connectivity index (χ3n) is 3.83. The summed E-state index contributed by atoms with van der Waals surface area (Å²) in [6.45, 7) is 11.5. The van der Waals surface area contributed by atoms with Crippen LogP contribution in [0.15, 0.2) is 29.2 Å². The summed E-state index contributed by atoms with van der Waals surface area (Å²) in [5.74, 6) is 0.994. The largest absolute Gasteiger partial charge is 0.389 e. The highest BCUT2D eigenvalue weighted by Gasteiger charge is 2.24. The number of benzene rings is 1. The van der Waals surface area contributed by atoms with Crippen LogP contribution in [0.2, 0.25) is 0 Å². The van der Waals surface area contributed by atoms with Crippen LogP contribution < -0.4 is 5.32 Å². The Morgan fingerprint density at radius 3 is 2.60 bits per heavy atom. The zero-order valence-corrected chi connectivity index (χ0v) is 14.3. The molecule has 0 aliphatic heterocycles. The molecule has 114 valence electrons. The minimum absolute atomic E-state index is 0.267. The van der Waals surface area contributed by atoms with E-state index < -0.39 is 5.60 Å². The van der Waals surface area contributed by atoms with E-state index in [1.165, 1.54) is 10.5 Å². The standard InChI is InChI=1S/C17H29NOS/c1-6-10-18-14(4)15-8-7-9-16(11-15)20-12-17(5,19)13(2)3/h7-9,11,13-14,18-19H,6,10,12H2,1-5H3. The number of aliphatic hydroxyl groups is 1. The molecule has 0 spiro atoms. The van der Waals surface area contributed by atoms with Gasteiger partial charge in [-0.05, 0) is 50.4 Å². The molecule has 1 rings (SSSR count). The van der Waals surface area contributed by atoms with E-state index in [2.05, 4.69) is 57.3 Å². The molecule has 0 heterocycles. The van der Waals surface area contributed by atoms with Crippen molar-refractivity contribution in [3.05, 3.63) is 29.8 Å². The van der Waals surface area contributed by atoms with Crippen molar-refractivity contribution in [2.75, 3.05) is 12.3 Å². The smallest absolute Gasteiger partial charge is 0.0736 e. The molecule has 1 aromatic rings. The molecule has 0 radical (unpaired) electrons. The summed E-state index contributed by atoms with van der Waals surface area (Å²) in [5.41, 5.74) is 0.694. The molecule has 3 heteroatoms. The highest BCUT2D eigenvalue weighted by atomic mass is 32.2. The molecule has 0 saturated carbocycles. The molecule has 20 heavy (non-hydrogen) atoms. The normalized spacial score (nSPS) is 16.1. The summed E-state index contributed by atoms with van der Waals surface area (Å²) in [7, 11) is 0. The summed E-state index contributed by atoms with van der Waals surface area (Å²) < 4.78 is 0. The van der Waals surface area contributed by atoms with Gasteiger partial charge in [0, 0.05) is 16.7 Å². The molecule has 2 N–H and O–H groups in total. The van der Waals surface area contributed by atoms with Crippen LogP contribution in [0, 0.1) is 5.92 Å². The highest BCUT2D eigenvalue weighted by molar-refractivity contribution is 7.99. The van der Waals surface area contributed by atoms with E-state index in [9.17, 15) is 5.11 Å². The first kappa shape index (κ1) is 17.5. The Balaban J connectivity index is 2.64. The van der Waals surface area contributed by atoms with Gasteiger partial charge in [0.2, 0.25) is 0 Å². The molecule has 2 nitrogen and oxygen atoms in total. The first-order valence-electron chi connectivity index (χ1n) is 7.55. The predicted molar refractivity (Wildman–Crippen MR) is 89.3 cm³/mol. The lowest BCUT2D eigenvalue weighted by molar-refractivity contribution is 0.0376. The van der Waals surface area contributed by atoms with Crippen molar-refractivity contribution < 1.29 is 5.11 Å². The lowest BCUT2D eigenvalue weighted by Crippen LogP contribution is -2.33. The summed E-state index contributed by atoms with van der Waals surface area (Å²) in [4.78, 5) is 1.23. The summed E-state index contributed by atoms with van der Waals surface area (Å²) in [6, 6.07) is 9.00. The van der Waals surface area contributed by atoms with Crippen LogP contribution in [-0.2, 0) is 0 Å². The lowest BCUT2D eigenvalue weighted by Gasteiger charge is -2.27. The number of hydrogen-bond acceptors (Lipinski definition) is 3. The molecular formula is C17H29NOS. The number of thioether (sulfide) groups is 1. The molecule has 1 aromatic carbocycles. The minimum atomic E-state index is -0.618. The fourth-order valence-electron chi connectivity index (χ4n) is 1.75. The van der Waals surface area contributed by atoms with Gasteiger partial charge >= 0.3 is 0 Å². The summed E-state index contributed by atoms with van der Waals surface area (Å²) in [5, 5.41) is 13.8. The van der Waals surface area contributed by atoms with Gasteiger partial charge in [0.25, 0.3) is 0 Å². The van der Waals surface area contributed by atoms with Gasteiger partial charge in [-0.25, -0.2) is 0 Å². The maximum Gasteiger partial charge on any atom is 0.0736 e. The SMILES string of the molecule is CCCNC(C)c1cccc(SCC(C)(O)C(C)C)c1. The van der Waals surface area contributed by atoms with Crippen molar-refractivity contribution in [2.45, 2.75) is 57.6 Å². The number of rotatable bonds is 8. The van der Waals surface area contributed by atoms with Gasteiger partial charge in [-0.2, -0.15) is 0 Å². The molecule has 2 unspecified atom stereocenters. The first-order valence-corrected chi connectivity index (χ1v) is 8.54. The Kier molecular flexibility index (Phi) is 7.07. The Bertz CT molecular complexity index is 404. The monoisotopic (exact) mass is 295 g/mol. The van der Waals surface area contributed by atoms with Crippen LogP contribution in [0.4, 0.5) is 0 Å². The van der Waals surface area contributed by atoms with Crippen molar-refractivity contribution in [1.82, 2.24) is 5.32 Å². The molecule has 0 saturated heterocycles. The third kappa shape index (κ3) is 5.47. The van der Waals surface area contributed by atoms with Gasteiger partial charge in [-0.15, -0.1) is 11.8 Å². The van der Waals surface area contributed by atoms with Crippen LogP contribution in [0.5, 0.6) is 0 Å². The lowest BCUT2D eigenvalue weighted by atomic mass is 9.95. The van der Waals surface area contributed by atoms with Gasteiger partial charge in [0.05, 0.1) is 5.60 Å². The molecule has 0 fully saturated rings. The van der Waals surface area contributed by atoms with E-state index in [4.69, 9.17) is 0 Å². The molecule has 0 bridgehead atoms. The van der Waals surface area contributed by atoms with Crippen LogP contribution in [0.3, 0.4) is 0 Å². The van der Waals surface area contributed by atoms with E-state index in [1.54, 1.807) is 11.8 Å². The van der Waals surface area contributed by atoms with Crippen molar-refractivity contribution in [1.29, 1.82) is 0 Å². The molecule has 0 aliphatic rings. The Morgan fingerprint density at radius 1 is 1.30 bits per heavy atom. The van der Waals surface area contributed by atoms with Crippen LogP contribution in [0.25, 0.3) is 0 Å². The zero-order chi connectivity index (χ0) is 15.2. The maximum absolute atomic E-state index is 10.3.